The normalized spacial score (nSPS) is 11.8. The minimum atomic E-state index is -1.60. The third-order valence-electron chi connectivity index (χ3n) is 3.48. The summed E-state index contributed by atoms with van der Waals surface area (Å²) >= 11 is 1.97. The molecule has 0 aliphatic carbocycles. The van der Waals surface area contributed by atoms with Crippen LogP contribution in [0.5, 0.6) is 0 Å². The van der Waals surface area contributed by atoms with Crippen LogP contribution in [0.1, 0.15) is 22.3 Å². The highest BCUT2D eigenvalue weighted by atomic mass is 127. The van der Waals surface area contributed by atoms with Crippen LogP contribution in [0.2, 0.25) is 0 Å². The number of rotatable bonds is 9. The molecule has 0 fully saturated rings. The lowest BCUT2D eigenvalue weighted by Gasteiger charge is -2.27. The summed E-state index contributed by atoms with van der Waals surface area (Å²) in [6.07, 6.45) is -0.754. The number of carbonyl (C=O) groups excluding carboxylic acids is 1. The van der Waals surface area contributed by atoms with Gasteiger partial charge in [0.05, 0.1) is 18.6 Å². The maximum atomic E-state index is 12.5. The molecule has 2 aromatic carbocycles. The Morgan fingerprint density at radius 2 is 1.67 bits per heavy atom. The maximum Gasteiger partial charge on any atom is 0.326 e. The lowest BCUT2D eigenvalue weighted by Crippen LogP contribution is -2.52. The molecule has 27 heavy (non-hydrogen) atoms. The molecule has 0 spiro atoms. The SMILES string of the molecule is O=C(O)CC(C(=O)O)N(NC(=O)c1ccccc1I)OCc1ccccc1. The van der Waals surface area contributed by atoms with Crippen LogP contribution in [0.15, 0.2) is 54.6 Å². The number of hydroxylamine groups is 1. The van der Waals surface area contributed by atoms with Crippen LogP contribution in [0, 0.1) is 3.57 Å². The van der Waals surface area contributed by atoms with Gasteiger partial charge in [0.25, 0.3) is 5.91 Å². The first-order chi connectivity index (χ1) is 12.9. The summed E-state index contributed by atoms with van der Waals surface area (Å²) in [4.78, 5) is 40.5. The molecule has 0 aliphatic heterocycles. The van der Waals surface area contributed by atoms with Gasteiger partial charge in [-0.1, -0.05) is 47.6 Å². The van der Waals surface area contributed by atoms with E-state index in [1.165, 1.54) is 0 Å². The summed E-state index contributed by atoms with van der Waals surface area (Å²) < 4.78 is 0.653. The first-order valence-electron chi connectivity index (χ1n) is 7.84. The molecule has 0 saturated heterocycles. The number of halogens is 1. The zero-order chi connectivity index (χ0) is 19.8. The Morgan fingerprint density at radius 3 is 2.26 bits per heavy atom. The van der Waals surface area contributed by atoms with Crippen molar-refractivity contribution in [2.45, 2.75) is 19.1 Å². The summed E-state index contributed by atoms with van der Waals surface area (Å²) in [5, 5.41) is 19.1. The van der Waals surface area contributed by atoms with Crippen LogP contribution in [-0.2, 0) is 21.0 Å². The molecule has 0 saturated carbocycles. The van der Waals surface area contributed by atoms with Gasteiger partial charge in [0.2, 0.25) is 0 Å². The Morgan fingerprint density at radius 1 is 1.04 bits per heavy atom. The fourth-order valence-electron chi connectivity index (χ4n) is 2.16. The van der Waals surface area contributed by atoms with Gasteiger partial charge >= 0.3 is 11.9 Å². The first-order valence-corrected chi connectivity index (χ1v) is 8.92. The van der Waals surface area contributed by atoms with E-state index in [2.05, 4.69) is 5.43 Å². The highest BCUT2D eigenvalue weighted by molar-refractivity contribution is 14.1. The average Bonchev–Trinajstić information content (AvgIpc) is 2.64. The smallest absolute Gasteiger partial charge is 0.326 e. The molecule has 1 amide bonds. The quantitative estimate of drug-likeness (QED) is 0.370. The topological polar surface area (TPSA) is 116 Å². The zero-order valence-corrected chi connectivity index (χ0v) is 16.2. The molecule has 142 valence electrons. The molecule has 1 unspecified atom stereocenters. The number of hydrogen-bond donors (Lipinski definition) is 3. The van der Waals surface area contributed by atoms with Crippen LogP contribution in [0.3, 0.4) is 0 Å². The van der Waals surface area contributed by atoms with Crippen LogP contribution in [0.4, 0.5) is 0 Å². The Bertz CT molecular complexity index is 815. The van der Waals surface area contributed by atoms with E-state index in [9.17, 15) is 19.5 Å². The number of hydrogen-bond acceptors (Lipinski definition) is 5. The molecular weight excluding hydrogens is 467 g/mol. The Labute approximate surface area is 168 Å². The second-order valence-electron chi connectivity index (χ2n) is 5.46. The predicted octanol–water partition coefficient (Wildman–Crippen LogP) is 2.30. The number of carbonyl (C=O) groups is 3. The van der Waals surface area contributed by atoms with E-state index in [1.54, 1.807) is 48.5 Å². The molecule has 8 nitrogen and oxygen atoms in total. The van der Waals surface area contributed by atoms with E-state index < -0.39 is 30.3 Å². The lowest BCUT2D eigenvalue weighted by atomic mass is 10.2. The van der Waals surface area contributed by atoms with E-state index in [0.29, 0.717) is 14.3 Å². The van der Waals surface area contributed by atoms with E-state index in [1.807, 2.05) is 28.7 Å². The first kappa shape index (κ1) is 20.8. The predicted molar refractivity (Wildman–Crippen MR) is 103 cm³/mol. The van der Waals surface area contributed by atoms with Crippen molar-refractivity contribution in [3.63, 3.8) is 0 Å². The highest BCUT2D eigenvalue weighted by Crippen LogP contribution is 2.13. The number of hydrazine groups is 1. The Kier molecular flexibility index (Phi) is 7.70. The minimum absolute atomic E-state index is 0.0452. The van der Waals surface area contributed by atoms with Gasteiger partial charge in [-0.15, -0.1) is 0 Å². The molecular formula is C18H17IN2O6. The van der Waals surface area contributed by atoms with Crippen molar-refractivity contribution in [3.8, 4) is 0 Å². The standard InChI is InChI=1S/C18H17IN2O6/c19-14-9-5-4-8-13(14)17(24)20-21(15(18(25)26)10-16(22)23)27-11-12-6-2-1-3-7-12/h1-9,15H,10-11H2,(H,20,24)(H,22,23)(H,25,26). The molecule has 2 rings (SSSR count). The van der Waals surface area contributed by atoms with Crippen molar-refractivity contribution in [3.05, 3.63) is 69.3 Å². The summed E-state index contributed by atoms with van der Waals surface area (Å²) in [5.41, 5.74) is 3.39. The summed E-state index contributed by atoms with van der Waals surface area (Å²) in [7, 11) is 0. The van der Waals surface area contributed by atoms with Gasteiger partial charge in [0.1, 0.15) is 0 Å². The number of nitrogens with zero attached hydrogens (tertiary/aromatic N) is 1. The summed E-state index contributed by atoms with van der Waals surface area (Å²) in [5.74, 6) is -3.38. The molecule has 2 aromatic rings. The average molecular weight is 484 g/mol. The van der Waals surface area contributed by atoms with Crippen molar-refractivity contribution < 1.29 is 29.4 Å². The van der Waals surface area contributed by atoms with E-state index in [0.717, 1.165) is 5.56 Å². The molecule has 0 aromatic heterocycles. The van der Waals surface area contributed by atoms with Crippen molar-refractivity contribution in [2.24, 2.45) is 0 Å². The highest BCUT2D eigenvalue weighted by Gasteiger charge is 2.31. The van der Waals surface area contributed by atoms with Crippen molar-refractivity contribution in [1.29, 1.82) is 0 Å². The van der Waals surface area contributed by atoms with Crippen molar-refractivity contribution in [1.82, 2.24) is 10.6 Å². The molecule has 0 aliphatic rings. The van der Waals surface area contributed by atoms with Crippen LogP contribution >= 0.6 is 22.6 Å². The fourth-order valence-corrected chi connectivity index (χ4v) is 2.79. The lowest BCUT2D eigenvalue weighted by molar-refractivity contribution is -0.228. The number of benzene rings is 2. The number of carboxylic acids is 2. The molecule has 0 radical (unpaired) electrons. The van der Waals surface area contributed by atoms with Crippen molar-refractivity contribution >= 4 is 40.4 Å². The third-order valence-corrected chi connectivity index (χ3v) is 4.42. The van der Waals surface area contributed by atoms with Crippen LogP contribution in [0.25, 0.3) is 0 Å². The zero-order valence-electron chi connectivity index (χ0n) is 14.0. The molecule has 1 atom stereocenters. The fraction of sp³-hybridized carbons (Fsp3) is 0.167. The Hall–Kier alpha value is -2.50. The summed E-state index contributed by atoms with van der Waals surface area (Å²) in [6.45, 7) is -0.0452. The molecule has 0 heterocycles. The second kappa shape index (κ2) is 10.00. The number of carboxylic acid groups (broad SMARTS) is 2. The Balaban J connectivity index is 2.21. The van der Waals surface area contributed by atoms with Crippen molar-refractivity contribution in [2.75, 3.05) is 0 Å². The summed E-state index contributed by atoms with van der Waals surface area (Å²) in [6, 6.07) is 14.0. The van der Waals surface area contributed by atoms with Crippen LogP contribution < -0.4 is 5.43 Å². The molecule has 3 N–H and O–H groups in total. The van der Waals surface area contributed by atoms with Crippen LogP contribution in [-0.4, -0.2) is 39.3 Å². The van der Waals surface area contributed by atoms with E-state index in [-0.39, 0.29) is 6.61 Å². The van der Waals surface area contributed by atoms with Gasteiger partial charge in [-0.05, 0) is 40.3 Å². The van der Waals surface area contributed by atoms with Gasteiger partial charge in [-0.25, -0.2) is 0 Å². The van der Waals surface area contributed by atoms with Gasteiger partial charge in [-0.3, -0.25) is 24.6 Å². The molecule has 9 heteroatoms. The molecule has 0 bridgehead atoms. The van der Waals surface area contributed by atoms with Gasteiger partial charge in [-0.2, -0.15) is 0 Å². The minimum Gasteiger partial charge on any atom is -0.481 e. The number of amides is 1. The largest absolute Gasteiger partial charge is 0.481 e. The van der Waals surface area contributed by atoms with E-state index in [4.69, 9.17) is 9.94 Å². The third kappa shape index (κ3) is 6.31. The second-order valence-corrected chi connectivity index (χ2v) is 6.62. The number of aliphatic carboxylic acids is 2. The van der Waals surface area contributed by atoms with Gasteiger partial charge in [0, 0.05) is 3.57 Å². The van der Waals surface area contributed by atoms with Gasteiger partial charge in [0.15, 0.2) is 6.04 Å². The van der Waals surface area contributed by atoms with Gasteiger partial charge < -0.3 is 10.2 Å². The number of nitrogens with one attached hydrogen (secondary N) is 1. The van der Waals surface area contributed by atoms with E-state index >= 15 is 0 Å². The monoisotopic (exact) mass is 484 g/mol. The maximum absolute atomic E-state index is 12.5.